The number of nitrogens with one attached hydrogen (secondary N) is 1. The van der Waals surface area contributed by atoms with Gasteiger partial charge in [0.1, 0.15) is 0 Å². The molecule has 0 heterocycles. The van der Waals surface area contributed by atoms with Gasteiger partial charge in [-0.3, -0.25) is 5.32 Å². The van der Waals surface area contributed by atoms with Crippen molar-refractivity contribution in [2.75, 3.05) is 20.3 Å². The molecule has 6 heteroatoms. The standard InChI is InChI=1S/C15H20INO4/c1-4-20-13(18)15(17-3,14(19)21-5-2)10-11-7-6-8-12(16)9-11/h6-9,17H,4-5,10H2,1-3H3. The lowest BCUT2D eigenvalue weighted by Crippen LogP contribution is -2.60. The van der Waals surface area contributed by atoms with E-state index in [9.17, 15) is 9.59 Å². The Balaban J connectivity index is 3.16. The minimum absolute atomic E-state index is 0.179. The van der Waals surface area contributed by atoms with E-state index in [4.69, 9.17) is 9.47 Å². The number of halogens is 1. The van der Waals surface area contributed by atoms with Gasteiger partial charge in [-0.05, 0) is 61.2 Å². The Labute approximate surface area is 138 Å². The Morgan fingerprint density at radius 3 is 2.19 bits per heavy atom. The maximum atomic E-state index is 12.3. The van der Waals surface area contributed by atoms with Crippen LogP contribution in [-0.2, 0) is 25.5 Å². The van der Waals surface area contributed by atoms with Gasteiger partial charge in [-0.25, -0.2) is 9.59 Å². The number of benzene rings is 1. The van der Waals surface area contributed by atoms with E-state index in [1.54, 1.807) is 20.9 Å². The summed E-state index contributed by atoms with van der Waals surface area (Å²) in [4.78, 5) is 24.6. The Hall–Kier alpha value is -1.15. The number of carbonyl (C=O) groups excluding carboxylic acids is 2. The number of rotatable bonds is 7. The fourth-order valence-corrected chi connectivity index (χ4v) is 2.59. The molecule has 0 amide bonds. The van der Waals surface area contributed by atoms with Crippen molar-refractivity contribution in [3.63, 3.8) is 0 Å². The summed E-state index contributed by atoms with van der Waals surface area (Å²) >= 11 is 2.18. The second kappa shape index (κ2) is 8.33. The van der Waals surface area contributed by atoms with Crippen LogP contribution in [0.5, 0.6) is 0 Å². The fraction of sp³-hybridized carbons (Fsp3) is 0.467. The van der Waals surface area contributed by atoms with Gasteiger partial charge in [0.15, 0.2) is 0 Å². The first-order chi connectivity index (χ1) is 10.00. The maximum Gasteiger partial charge on any atom is 0.338 e. The van der Waals surface area contributed by atoms with Crippen molar-refractivity contribution in [1.29, 1.82) is 0 Å². The molecule has 0 bridgehead atoms. The molecule has 1 rings (SSSR count). The van der Waals surface area contributed by atoms with Crippen molar-refractivity contribution < 1.29 is 19.1 Å². The molecule has 0 unspecified atom stereocenters. The van der Waals surface area contributed by atoms with E-state index < -0.39 is 17.5 Å². The number of carbonyl (C=O) groups is 2. The van der Waals surface area contributed by atoms with Crippen LogP contribution in [-0.4, -0.2) is 37.7 Å². The normalized spacial score (nSPS) is 11.0. The van der Waals surface area contributed by atoms with Gasteiger partial charge >= 0.3 is 11.9 Å². The summed E-state index contributed by atoms with van der Waals surface area (Å²) in [5.41, 5.74) is -0.659. The Morgan fingerprint density at radius 2 is 1.76 bits per heavy atom. The van der Waals surface area contributed by atoms with Crippen LogP contribution < -0.4 is 5.32 Å². The number of hydrogen-bond donors (Lipinski definition) is 1. The van der Waals surface area contributed by atoms with Crippen LogP contribution in [0.3, 0.4) is 0 Å². The second-order valence-electron chi connectivity index (χ2n) is 4.40. The highest BCUT2D eigenvalue weighted by Gasteiger charge is 2.47. The van der Waals surface area contributed by atoms with E-state index in [0.29, 0.717) is 0 Å². The van der Waals surface area contributed by atoms with Crippen molar-refractivity contribution >= 4 is 34.5 Å². The summed E-state index contributed by atoms with van der Waals surface area (Å²) in [6.45, 7) is 3.81. The molecule has 5 nitrogen and oxygen atoms in total. The third-order valence-electron chi connectivity index (χ3n) is 3.03. The monoisotopic (exact) mass is 405 g/mol. The zero-order valence-electron chi connectivity index (χ0n) is 12.4. The van der Waals surface area contributed by atoms with E-state index >= 15 is 0 Å². The van der Waals surface area contributed by atoms with E-state index in [0.717, 1.165) is 9.13 Å². The van der Waals surface area contributed by atoms with E-state index in [2.05, 4.69) is 27.9 Å². The van der Waals surface area contributed by atoms with E-state index in [-0.39, 0.29) is 19.6 Å². The summed E-state index contributed by atoms with van der Waals surface area (Å²) in [5, 5.41) is 2.80. The zero-order valence-corrected chi connectivity index (χ0v) is 14.6. The van der Waals surface area contributed by atoms with E-state index in [1.807, 2.05) is 24.3 Å². The SMILES string of the molecule is CCOC(=O)C(Cc1cccc(I)c1)(NC)C(=O)OCC. The minimum atomic E-state index is -1.52. The lowest BCUT2D eigenvalue weighted by molar-refractivity contribution is -0.165. The highest BCUT2D eigenvalue weighted by atomic mass is 127. The van der Waals surface area contributed by atoms with Crippen LogP contribution in [0.1, 0.15) is 19.4 Å². The van der Waals surface area contributed by atoms with Gasteiger partial charge in [0, 0.05) is 9.99 Å². The van der Waals surface area contributed by atoms with Gasteiger partial charge < -0.3 is 9.47 Å². The Morgan fingerprint density at radius 1 is 1.19 bits per heavy atom. The quantitative estimate of drug-likeness (QED) is 0.427. The maximum absolute atomic E-state index is 12.3. The van der Waals surface area contributed by atoms with Crippen molar-refractivity contribution in [2.24, 2.45) is 0 Å². The van der Waals surface area contributed by atoms with Crippen LogP contribution in [0.4, 0.5) is 0 Å². The number of likely N-dealkylation sites (N-methyl/N-ethyl adjacent to an activating group) is 1. The highest BCUT2D eigenvalue weighted by molar-refractivity contribution is 14.1. The topological polar surface area (TPSA) is 64.6 Å². The molecule has 1 N–H and O–H groups in total. The molecule has 0 aliphatic rings. The number of esters is 2. The Kier molecular flexibility index (Phi) is 7.10. The Bertz CT molecular complexity index is 486. The third kappa shape index (κ3) is 4.41. The van der Waals surface area contributed by atoms with Gasteiger partial charge in [-0.15, -0.1) is 0 Å². The summed E-state index contributed by atoms with van der Waals surface area (Å²) in [5.74, 6) is -1.24. The van der Waals surface area contributed by atoms with Crippen molar-refractivity contribution in [3.8, 4) is 0 Å². The predicted molar refractivity (Wildman–Crippen MR) is 87.9 cm³/mol. The lowest BCUT2D eigenvalue weighted by atomic mass is 9.90. The first kappa shape index (κ1) is 17.9. The molecule has 0 saturated carbocycles. The molecule has 0 aliphatic carbocycles. The average Bonchev–Trinajstić information content (AvgIpc) is 2.45. The van der Waals surface area contributed by atoms with Crippen LogP contribution in [0.2, 0.25) is 0 Å². The summed E-state index contributed by atoms with van der Waals surface area (Å²) in [6, 6.07) is 7.62. The molecule has 0 aliphatic heterocycles. The molecule has 0 fully saturated rings. The van der Waals surface area contributed by atoms with Gasteiger partial charge in [0.05, 0.1) is 13.2 Å². The van der Waals surface area contributed by atoms with Crippen molar-refractivity contribution in [2.45, 2.75) is 25.8 Å². The smallest absolute Gasteiger partial charge is 0.338 e. The van der Waals surface area contributed by atoms with Crippen molar-refractivity contribution in [3.05, 3.63) is 33.4 Å². The molecule has 0 aromatic heterocycles. The van der Waals surface area contributed by atoms with Crippen LogP contribution in [0.15, 0.2) is 24.3 Å². The molecular formula is C15H20INO4. The molecule has 0 spiro atoms. The van der Waals surface area contributed by atoms with Crippen LogP contribution in [0.25, 0.3) is 0 Å². The number of ether oxygens (including phenoxy) is 2. The van der Waals surface area contributed by atoms with E-state index in [1.165, 1.54) is 0 Å². The van der Waals surface area contributed by atoms with Crippen molar-refractivity contribution in [1.82, 2.24) is 5.32 Å². The summed E-state index contributed by atoms with van der Waals surface area (Å²) < 4.78 is 11.2. The predicted octanol–water partition coefficient (Wildman–Crippen LogP) is 1.92. The molecule has 1 aromatic carbocycles. The molecule has 1 aromatic rings. The van der Waals surface area contributed by atoms with Crippen LogP contribution in [0, 0.1) is 3.57 Å². The zero-order chi connectivity index (χ0) is 15.9. The second-order valence-corrected chi connectivity index (χ2v) is 5.65. The van der Waals surface area contributed by atoms with Gasteiger partial charge in [0.2, 0.25) is 5.54 Å². The first-order valence-corrected chi connectivity index (χ1v) is 7.85. The molecule has 21 heavy (non-hydrogen) atoms. The molecule has 0 atom stereocenters. The van der Waals surface area contributed by atoms with Gasteiger partial charge in [0.25, 0.3) is 0 Å². The summed E-state index contributed by atoms with van der Waals surface area (Å²) in [6.07, 6.45) is 0.179. The fourth-order valence-electron chi connectivity index (χ4n) is 1.98. The molecule has 116 valence electrons. The lowest BCUT2D eigenvalue weighted by Gasteiger charge is -2.28. The minimum Gasteiger partial charge on any atom is -0.464 e. The largest absolute Gasteiger partial charge is 0.464 e. The molecule has 0 radical (unpaired) electrons. The third-order valence-corrected chi connectivity index (χ3v) is 3.70. The molecular weight excluding hydrogens is 385 g/mol. The van der Waals surface area contributed by atoms with Crippen LogP contribution >= 0.6 is 22.6 Å². The highest BCUT2D eigenvalue weighted by Crippen LogP contribution is 2.19. The number of hydrogen-bond acceptors (Lipinski definition) is 5. The van der Waals surface area contributed by atoms with Gasteiger partial charge in [-0.2, -0.15) is 0 Å². The summed E-state index contributed by atoms with van der Waals surface area (Å²) in [7, 11) is 1.56. The molecule has 0 saturated heterocycles. The average molecular weight is 405 g/mol. The van der Waals surface area contributed by atoms with Gasteiger partial charge in [-0.1, -0.05) is 12.1 Å². The first-order valence-electron chi connectivity index (χ1n) is 6.78.